The average Bonchev–Trinajstić information content (AvgIpc) is 3.19. The molecule has 1 aliphatic rings. The van der Waals surface area contributed by atoms with Crippen molar-refractivity contribution in [3.8, 4) is 5.75 Å². The smallest absolute Gasteiger partial charge is 0.209 e. The number of nitrogens with two attached hydrogens (primary N) is 2. The second-order valence-electron chi connectivity index (χ2n) is 8.52. The second kappa shape index (κ2) is 10.7. The molecule has 0 bridgehead atoms. The highest BCUT2D eigenvalue weighted by Crippen LogP contribution is 2.45. The van der Waals surface area contributed by atoms with Crippen molar-refractivity contribution in [1.82, 2.24) is 10.2 Å². The maximum Gasteiger partial charge on any atom is 0.209 e. The maximum atomic E-state index is 12.3. The number of anilines is 2. The van der Waals surface area contributed by atoms with Gasteiger partial charge in [-0.2, -0.15) is 0 Å². The van der Waals surface area contributed by atoms with Gasteiger partial charge in [-0.3, -0.25) is 5.14 Å². The highest BCUT2D eigenvalue weighted by atomic mass is 35.5. The van der Waals surface area contributed by atoms with Gasteiger partial charge < -0.3 is 15.4 Å². The van der Waals surface area contributed by atoms with Crippen molar-refractivity contribution >= 4 is 55.8 Å². The molecule has 1 unspecified atom stereocenters. The van der Waals surface area contributed by atoms with Gasteiger partial charge in [0.15, 0.2) is 0 Å². The zero-order valence-corrected chi connectivity index (χ0v) is 21.4. The van der Waals surface area contributed by atoms with E-state index in [1.807, 2.05) is 19.9 Å². The molecule has 3 rings (SSSR count). The molecule has 0 radical (unpaired) electrons. The van der Waals surface area contributed by atoms with Gasteiger partial charge in [-0.25, -0.2) is 4.21 Å². The predicted molar refractivity (Wildman–Crippen MR) is 135 cm³/mol. The number of hydrogen-bond donors (Lipinski definition) is 2. The van der Waals surface area contributed by atoms with Crippen LogP contribution in [0.15, 0.2) is 24.8 Å². The van der Waals surface area contributed by atoms with Crippen LogP contribution < -0.4 is 20.5 Å². The molecule has 1 aromatic carbocycles. The van der Waals surface area contributed by atoms with Crippen LogP contribution in [0.2, 0.25) is 10.0 Å². The molecule has 1 saturated heterocycles. The highest BCUT2D eigenvalue weighted by Gasteiger charge is 2.37. The Morgan fingerprint density at radius 1 is 1.34 bits per heavy atom. The summed E-state index contributed by atoms with van der Waals surface area (Å²) in [7, 11) is -1.49. The van der Waals surface area contributed by atoms with Crippen molar-refractivity contribution in [2.24, 2.45) is 11.1 Å². The van der Waals surface area contributed by atoms with Crippen LogP contribution in [0.1, 0.15) is 44.6 Å². The molecule has 11 heteroatoms. The Balaban J connectivity index is 1.92. The molecule has 0 aliphatic carbocycles. The van der Waals surface area contributed by atoms with E-state index in [4.69, 9.17) is 38.8 Å². The van der Waals surface area contributed by atoms with E-state index in [1.165, 1.54) is 11.3 Å². The minimum Gasteiger partial charge on any atom is -0.489 e. The van der Waals surface area contributed by atoms with Crippen LogP contribution in [-0.4, -0.2) is 38.8 Å². The number of hydrogen-bond acceptors (Lipinski definition) is 7. The van der Waals surface area contributed by atoms with Crippen molar-refractivity contribution in [3.05, 3.63) is 40.4 Å². The van der Waals surface area contributed by atoms with E-state index in [-0.39, 0.29) is 5.92 Å². The van der Waals surface area contributed by atoms with Gasteiger partial charge in [-0.1, -0.05) is 47.2 Å². The van der Waals surface area contributed by atoms with Gasteiger partial charge in [0.05, 0.1) is 25.8 Å². The lowest BCUT2D eigenvalue weighted by Crippen LogP contribution is -2.39. The Hall–Kier alpha value is -1.39. The van der Waals surface area contributed by atoms with Gasteiger partial charge in [0, 0.05) is 19.2 Å². The molecule has 0 amide bonds. The van der Waals surface area contributed by atoms with Crippen LogP contribution in [0.3, 0.4) is 0 Å². The first-order chi connectivity index (χ1) is 15.1. The van der Waals surface area contributed by atoms with Crippen molar-refractivity contribution in [2.45, 2.75) is 43.8 Å². The van der Waals surface area contributed by atoms with Gasteiger partial charge in [-0.15, -0.1) is 10.2 Å². The average molecular weight is 519 g/mol. The van der Waals surface area contributed by atoms with E-state index < -0.39 is 15.7 Å². The van der Waals surface area contributed by atoms with Gasteiger partial charge in [-0.05, 0) is 56.6 Å². The van der Waals surface area contributed by atoms with E-state index >= 15 is 0 Å². The number of halogens is 2. The van der Waals surface area contributed by atoms with Crippen molar-refractivity contribution in [1.29, 1.82) is 0 Å². The summed E-state index contributed by atoms with van der Waals surface area (Å²) < 4.78 is 17.7. The Kier molecular flexibility index (Phi) is 8.43. The number of benzene rings is 1. The molecule has 4 N–H and O–H groups in total. The third-order valence-corrected chi connectivity index (χ3v) is 8.67. The highest BCUT2D eigenvalue weighted by molar-refractivity contribution is 7.84. The molecular weight excluding hydrogens is 489 g/mol. The number of nitrogens with zero attached hydrogens (tertiary/aromatic N) is 3. The fourth-order valence-electron chi connectivity index (χ4n) is 4.10. The summed E-state index contributed by atoms with van der Waals surface area (Å²) in [5, 5.41) is 16.1. The number of aromatic nitrogens is 2. The molecule has 2 aromatic rings. The topological polar surface area (TPSA) is 107 Å². The van der Waals surface area contributed by atoms with Crippen molar-refractivity contribution in [3.63, 3.8) is 0 Å². The number of ether oxygens (including phenoxy) is 1. The quantitative estimate of drug-likeness (QED) is 0.463. The Morgan fingerprint density at radius 2 is 2.00 bits per heavy atom. The zero-order chi connectivity index (χ0) is 23.5. The summed E-state index contributed by atoms with van der Waals surface area (Å²) in [5.74, 6) is 1.01. The van der Waals surface area contributed by atoms with Crippen molar-refractivity contribution < 1.29 is 8.95 Å². The van der Waals surface area contributed by atoms with Crippen LogP contribution in [0.25, 0.3) is 0 Å². The monoisotopic (exact) mass is 517 g/mol. The standard InChI is InChI=1S/C21H29Cl2N5O2S2/c1-4-9-30-18-11-17(23)16(22)10-14(18)15(12-21(2,3)32(25)29)13-5-7-28(8-6-13)20-27-26-19(24)31-20/h4,10-11,13,15H,1,5-9,12,25H2,2-3H3,(H2,24,26)/t15-,32?/m1/s1. The summed E-state index contributed by atoms with van der Waals surface area (Å²) in [4.78, 5) is 2.21. The Labute approximate surface area is 205 Å². The third-order valence-electron chi connectivity index (χ3n) is 5.87. The minimum atomic E-state index is -1.49. The van der Waals surface area contributed by atoms with Crippen LogP contribution in [0, 0.1) is 5.92 Å². The van der Waals surface area contributed by atoms with Crippen LogP contribution in [0.4, 0.5) is 10.3 Å². The maximum absolute atomic E-state index is 12.3. The molecule has 1 fully saturated rings. The summed E-state index contributed by atoms with van der Waals surface area (Å²) >= 11 is 14.1. The largest absolute Gasteiger partial charge is 0.489 e. The fraction of sp³-hybridized carbons (Fsp3) is 0.524. The first-order valence-corrected chi connectivity index (χ1v) is 13.1. The molecule has 0 saturated carbocycles. The van der Waals surface area contributed by atoms with E-state index in [1.54, 1.807) is 12.1 Å². The minimum absolute atomic E-state index is 0.0359. The summed E-state index contributed by atoms with van der Waals surface area (Å²) in [6.07, 6.45) is 4.14. The molecule has 1 aromatic heterocycles. The molecule has 7 nitrogen and oxygen atoms in total. The Morgan fingerprint density at radius 3 is 2.56 bits per heavy atom. The second-order valence-corrected chi connectivity index (χ2v) is 12.0. The van der Waals surface area contributed by atoms with E-state index in [0.717, 1.165) is 36.6 Å². The van der Waals surface area contributed by atoms with Crippen LogP contribution >= 0.6 is 34.5 Å². The molecule has 176 valence electrons. The first-order valence-electron chi connectivity index (χ1n) is 10.3. The molecule has 0 spiro atoms. The fourth-order valence-corrected chi connectivity index (χ4v) is 5.43. The molecular formula is C21H29Cl2N5O2S2. The Bertz CT molecular complexity index is 977. The van der Waals surface area contributed by atoms with Gasteiger partial charge >= 0.3 is 0 Å². The van der Waals surface area contributed by atoms with E-state index in [9.17, 15) is 4.21 Å². The summed E-state index contributed by atoms with van der Waals surface area (Å²) in [6, 6.07) is 3.63. The van der Waals surface area contributed by atoms with Gasteiger partial charge in [0.2, 0.25) is 10.3 Å². The van der Waals surface area contributed by atoms with Gasteiger partial charge in [0.1, 0.15) is 12.4 Å². The lowest BCUT2D eigenvalue weighted by atomic mass is 9.75. The summed E-state index contributed by atoms with van der Waals surface area (Å²) in [5.41, 5.74) is 6.71. The molecule has 2 heterocycles. The lowest BCUT2D eigenvalue weighted by molar-refractivity contribution is 0.296. The zero-order valence-electron chi connectivity index (χ0n) is 18.2. The normalized spacial score (nSPS) is 17.2. The number of nitrogen functional groups attached to an aromatic ring is 1. The van der Waals surface area contributed by atoms with E-state index in [2.05, 4.69) is 21.7 Å². The predicted octanol–water partition coefficient (Wildman–Crippen LogP) is 4.78. The van der Waals surface area contributed by atoms with Crippen LogP contribution in [0.5, 0.6) is 5.75 Å². The molecule has 32 heavy (non-hydrogen) atoms. The number of piperidine rings is 1. The van der Waals surface area contributed by atoms with Crippen LogP contribution in [-0.2, 0) is 11.0 Å². The van der Waals surface area contributed by atoms with E-state index in [0.29, 0.717) is 39.9 Å². The lowest BCUT2D eigenvalue weighted by Gasteiger charge is -2.39. The van der Waals surface area contributed by atoms with Gasteiger partial charge in [0.25, 0.3) is 0 Å². The third kappa shape index (κ3) is 5.94. The SMILES string of the molecule is C=CCOc1cc(Cl)c(Cl)cc1[C@H](CC(C)(C)S(N)=O)C1CCN(c2nnc(N)s2)CC1. The molecule has 2 atom stereocenters. The van der Waals surface area contributed by atoms with Crippen molar-refractivity contribution in [2.75, 3.05) is 30.3 Å². The number of rotatable bonds is 9. The molecule has 1 aliphatic heterocycles. The first kappa shape index (κ1) is 25.2. The summed E-state index contributed by atoms with van der Waals surface area (Å²) in [6.45, 7) is 9.59.